The van der Waals surface area contributed by atoms with E-state index in [9.17, 15) is 4.79 Å². The second kappa shape index (κ2) is 5.68. The summed E-state index contributed by atoms with van der Waals surface area (Å²) in [6.07, 6.45) is 1.54. The van der Waals surface area contributed by atoms with Gasteiger partial charge in [-0.15, -0.1) is 10.2 Å². The molecule has 8 nitrogen and oxygen atoms in total. The minimum Gasteiger partial charge on any atom is -0.479 e. The van der Waals surface area contributed by atoms with E-state index in [1.165, 1.54) is 11.8 Å². The predicted octanol–water partition coefficient (Wildman–Crippen LogP) is 1.73. The van der Waals surface area contributed by atoms with E-state index < -0.39 is 5.91 Å². The number of nitrogens with one attached hydrogen (secondary N) is 1. The number of aromatic nitrogens is 4. The van der Waals surface area contributed by atoms with Crippen LogP contribution in [0.2, 0.25) is 0 Å². The summed E-state index contributed by atoms with van der Waals surface area (Å²) in [5.41, 5.74) is 1.05. The van der Waals surface area contributed by atoms with Gasteiger partial charge in [-0.25, -0.2) is 0 Å². The van der Waals surface area contributed by atoms with Gasteiger partial charge >= 0.3 is 6.01 Å². The topological polar surface area (TPSA) is 95.1 Å². The molecule has 0 bridgehead atoms. The molecule has 0 fully saturated rings. The highest BCUT2D eigenvalue weighted by Gasteiger charge is 2.19. The second-order valence-corrected chi connectivity index (χ2v) is 4.46. The Morgan fingerprint density at radius 2 is 2.05 bits per heavy atom. The number of hydrogen-bond acceptors (Lipinski definition) is 6. The summed E-state index contributed by atoms with van der Waals surface area (Å²) in [6.45, 7) is 0. The standard InChI is InChI=1S/C14H13N5O3/c1-19-8-10(13(18-19)21-2)11(20)15-14-17-16-12(22-14)9-6-4-3-5-7-9/h3-8H,1-2H3,(H,15,17,20). The van der Waals surface area contributed by atoms with Crippen molar-refractivity contribution in [3.05, 3.63) is 42.1 Å². The van der Waals surface area contributed by atoms with Gasteiger partial charge in [-0.2, -0.15) is 0 Å². The van der Waals surface area contributed by atoms with Crippen molar-refractivity contribution in [3.8, 4) is 17.3 Å². The average molecular weight is 299 g/mol. The summed E-state index contributed by atoms with van der Waals surface area (Å²) >= 11 is 0. The minimum atomic E-state index is -0.437. The fourth-order valence-electron chi connectivity index (χ4n) is 1.91. The first-order valence-corrected chi connectivity index (χ1v) is 6.45. The van der Waals surface area contributed by atoms with Crippen molar-refractivity contribution in [3.63, 3.8) is 0 Å². The molecule has 1 aromatic carbocycles. The summed E-state index contributed by atoms with van der Waals surface area (Å²) in [5, 5.41) is 14.2. The zero-order valence-electron chi connectivity index (χ0n) is 12.0. The van der Waals surface area contributed by atoms with Gasteiger partial charge in [0.1, 0.15) is 5.56 Å². The second-order valence-electron chi connectivity index (χ2n) is 4.46. The van der Waals surface area contributed by atoms with Gasteiger partial charge in [0.2, 0.25) is 11.8 Å². The molecule has 8 heteroatoms. The Balaban J connectivity index is 1.79. The molecule has 0 saturated heterocycles. The molecule has 0 radical (unpaired) electrons. The molecule has 0 unspecified atom stereocenters. The summed E-state index contributed by atoms with van der Waals surface area (Å²) in [7, 11) is 3.14. The third kappa shape index (κ3) is 2.66. The number of benzene rings is 1. The fraction of sp³-hybridized carbons (Fsp3) is 0.143. The molecule has 0 aliphatic heterocycles. The van der Waals surface area contributed by atoms with Crippen molar-refractivity contribution >= 4 is 11.9 Å². The van der Waals surface area contributed by atoms with Gasteiger partial charge in [0, 0.05) is 18.8 Å². The molecule has 2 aromatic heterocycles. The van der Waals surface area contributed by atoms with Crippen molar-refractivity contribution in [2.75, 3.05) is 12.4 Å². The third-order valence-corrected chi connectivity index (χ3v) is 2.90. The van der Waals surface area contributed by atoms with Gasteiger partial charge in [-0.05, 0) is 12.1 Å². The fourth-order valence-corrected chi connectivity index (χ4v) is 1.91. The highest BCUT2D eigenvalue weighted by atomic mass is 16.5. The molecule has 3 rings (SSSR count). The summed E-state index contributed by atoms with van der Waals surface area (Å²) in [5.74, 6) is 0.116. The van der Waals surface area contributed by atoms with Crippen molar-refractivity contribution in [1.29, 1.82) is 0 Å². The van der Waals surface area contributed by atoms with Crippen LogP contribution in [0.25, 0.3) is 11.5 Å². The number of anilines is 1. The predicted molar refractivity (Wildman–Crippen MR) is 77.4 cm³/mol. The minimum absolute atomic E-state index is 0.00904. The van der Waals surface area contributed by atoms with Crippen molar-refractivity contribution in [1.82, 2.24) is 20.0 Å². The zero-order chi connectivity index (χ0) is 15.5. The maximum Gasteiger partial charge on any atom is 0.322 e. The van der Waals surface area contributed by atoms with E-state index in [0.717, 1.165) is 5.56 Å². The summed E-state index contributed by atoms with van der Waals surface area (Å²) < 4.78 is 11.9. The Hall–Kier alpha value is -3.16. The quantitative estimate of drug-likeness (QED) is 0.788. The SMILES string of the molecule is COc1nn(C)cc1C(=O)Nc1nnc(-c2ccccc2)o1. The van der Waals surface area contributed by atoms with Crippen LogP contribution in [-0.4, -0.2) is 33.0 Å². The van der Waals surface area contributed by atoms with Gasteiger partial charge in [0.05, 0.1) is 7.11 Å². The number of nitrogens with zero attached hydrogens (tertiary/aromatic N) is 4. The van der Waals surface area contributed by atoms with Gasteiger partial charge < -0.3 is 9.15 Å². The van der Waals surface area contributed by atoms with E-state index in [1.54, 1.807) is 13.2 Å². The number of aryl methyl sites for hydroxylation is 1. The number of rotatable bonds is 4. The van der Waals surface area contributed by atoms with E-state index in [1.807, 2.05) is 30.3 Å². The number of ether oxygens (including phenoxy) is 1. The number of carbonyl (C=O) groups excluding carboxylic acids is 1. The van der Waals surface area contributed by atoms with Crippen LogP contribution in [0.1, 0.15) is 10.4 Å². The average Bonchev–Trinajstić information content (AvgIpc) is 3.14. The lowest BCUT2D eigenvalue weighted by atomic mass is 10.2. The molecule has 22 heavy (non-hydrogen) atoms. The van der Waals surface area contributed by atoms with Gasteiger partial charge in [-0.1, -0.05) is 23.3 Å². The van der Waals surface area contributed by atoms with Gasteiger partial charge in [0.25, 0.3) is 5.91 Å². The Bertz CT molecular complexity index is 794. The van der Waals surface area contributed by atoms with Crippen LogP contribution in [0.5, 0.6) is 5.88 Å². The van der Waals surface area contributed by atoms with E-state index in [-0.39, 0.29) is 17.5 Å². The smallest absolute Gasteiger partial charge is 0.322 e. The third-order valence-electron chi connectivity index (χ3n) is 2.90. The lowest BCUT2D eigenvalue weighted by Crippen LogP contribution is -2.12. The van der Waals surface area contributed by atoms with Crippen LogP contribution in [-0.2, 0) is 7.05 Å². The number of methoxy groups -OCH3 is 1. The number of hydrogen-bond donors (Lipinski definition) is 1. The molecule has 0 aliphatic rings. The van der Waals surface area contributed by atoms with Crippen molar-refractivity contribution < 1.29 is 13.9 Å². The lowest BCUT2D eigenvalue weighted by molar-refractivity contribution is 0.102. The Labute approximate surface area is 125 Å². The number of carbonyl (C=O) groups is 1. The molecule has 0 saturated carbocycles. The lowest BCUT2D eigenvalue weighted by Gasteiger charge is -1.99. The zero-order valence-corrected chi connectivity index (χ0v) is 12.0. The molecule has 1 amide bonds. The molecular weight excluding hydrogens is 286 g/mol. The van der Waals surface area contributed by atoms with E-state index in [0.29, 0.717) is 5.89 Å². The molecule has 0 spiro atoms. The first-order valence-electron chi connectivity index (χ1n) is 6.45. The van der Waals surface area contributed by atoms with Gasteiger partial charge in [-0.3, -0.25) is 14.8 Å². The summed E-state index contributed by atoms with van der Waals surface area (Å²) in [4.78, 5) is 12.2. The van der Waals surface area contributed by atoms with E-state index >= 15 is 0 Å². The maximum atomic E-state index is 12.2. The monoisotopic (exact) mass is 299 g/mol. The normalized spacial score (nSPS) is 10.5. The highest BCUT2D eigenvalue weighted by molar-refractivity contribution is 6.04. The van der Waals surface area contributed by atoms with Crippen molar-refractivity contribution in [2.45, 2.75) is 0 Å². The molecular formula is C14H13N5O3. The van der Waals surface area contributed by atoms with Crippen LogP contribution in [0.3, 0.4) is 0 Å². The molecule has 0 aliphatic carbocycles. The Morgan fingerprint density at radius 1 is 1.27 bits per heavy atom. The Kier molecular flexibility index (Phi) is 3.57. The van der Waals surface area contributed by atoms with Crippen LogP contribution in [0, 0.1) is 0 Å². The largest absolute Gasteiger partial charge is 0.479 e. The number of amides is 1. The molecule has 0 atom stereocenters. The maximum absolute atomic E-state index is 12.2. The van der Waals surface area contributed by atoms with E-state index in [2.05, 4.69) is 20.6 Å². The molecule has 1 N–H and O–H groups in total. The van der Waals surface area contributed by atoms with Gasteiger partial charge in [0.15, 0.2) is 0 Å². The first-order chi connectivity index (χ1) is 10.7. The van der Waals surface area contributed by atoms with E-state index in [4.69, 9.17) is 9.15 Å². The summed E-state index contributed by atoms with van der Waals surface area (Å²) in [6, 6.07) is 9.29. The first kappa shape index (κ1) is 13.8. The van der Waals surface area contributed by atoms with Crippen molar-refractivity contribution in [2.24, 2.45) is 7.05 Å². The van der Waals surface area contributed by atoms with Crippen LogP contribution >= 0.6 is 0 Å². The molecule has 112 valence electrons. The molecule has 2 heterocycles. The van der Waals surface area contributed by atoms with Crippen LogP contribution < -0.4 is 10.1 Å². The van der Waals surface area contributed by atoms with Crippen LogP contribution in [0.15, 0.2) is 40.9 Å². The molecule has 3 aromatic rings. The Morgan fingerprint density at radius 3 is 2.77 bits per heavy atom. The highest BCUT2D eigenvalue weighted by Crippen LogP contribution is 2.21. The van der Waals surface area contributed by atoms with Crippen LogP contribution in [0.4, 0.5) is 6.01 Å².